The highest BCUT2D eigenvalue weighted by Crippen LogP contribution is 2.36. The molecule has 4 heteroatoms. The van der Waals surface area contributed by atoms with E-state index in [1.165, 1.54) is 18.9 Å². The maximum Gasteiger partial charge on any atom is 0.123 e. The molecule has 1 aliphatic carbocycles. The lowest BCUT2D eigenvalue weighted by atomic mass is 9.98. The van der Waals surface area contributed by atoms with E-state index in [1.54, 1.807) is 19.2 Å². The van der Waals surface area contributed by atoms with Gasteiger partial charge in [-0.05, 0) is 55.5 Å². The van der Waals surface area contributed by atoms with Gasteiger partial charge in [-0.1, -0.05) is 22.9 Å². The summed E-state index contributed by atoms with van der Waals surface area (Å²) in [7, 11) is 1.77. The third-order valence-corrected chi connectivity index (χ3v) is 4.44. The average molecular weight is 330 g/mol. The average Bonchev–Trinajstić information content (AvgIpc) is 3.19. The molecule has 2 rings (SSSR count). The summed E-state index contributed by atoms with van der Waals surface area (Å²) in [4.78, 5) is 0. The highest BCUT2D eigenvalue weighted by atomic mass is 79.9. The Morgan fingerprint density at radius 3 is 2.79 bits per heavy atom. The van der Waals surface area contributed by atoms with Gasteiger partial charge in [0.2, 0.25) is 0 Å². The van der Waals surface area contributed by atoms with E-state index in [9.17, 15) is 4.39 Å². The standard InChI is InChI=1S/C15H21BrFNO/c1-3-18-14(15(19-2)10-4-5-10)9-11-8-12(17)6-7-13(11)16/h6-8,10,14-15,18H,3-5,9H2,1-2H3. The van der Waals surface area contributed by atoms with E-state index in [0.29, 0.717) is 5.92 Å². The first-order chi connectivity index (χ1) is 9.15. The van der Waals surface area contributed by atoms with Crippen molar-refractivity contribution in [2.75, 3.05) is 13.7 Å². The quantitative estimate of drug-likeness (QED) is 0.826. The molecule has 1 fully saturated rings. The van der Waals surface area contributed by atoms with Crippen molar-refractivity contribution >= 4 is 15.9 Å². The van der Waals surface area contributed by atoms with Gasteiger partial charge in [-0.2, -0.15) is 0 Å². The molecule has 0 bridgehead atoms. The van der Waals surface area contributed by atoms with E-state index in [4.69, 9.17) is 4.74 Å². The van der Waals surface area contributed by atoms with Crippen LogP contribution in [-0.2, 0) is 11.2 Å². The predicted molar refractivity (Wildman–Crippen MR) is 78.8 cm³/mol. The molecule has 0 aromatic heterocycles. The monoisotopic (exact) mass is 329 g/mol. The maximum absolute atomic E-state index is 13.4. The van der Waals surface area contributed by atoms with Crippen LogP contribution in [0.3, 0.4) is 0 Å². The van der Waals surface area contributed by atoms with Crippen LogP contribution < -0.4 is 5.32 Å². The van der Waals surface area contributed by atoms with Crippen LogP contribution in [0.4, 0.5) is 4.39 Å². The molecule has 106 valence electrons. The van der Waals surface area contributed by atoms with Crippen LogP contribution in [-0.4, -0.2) is 25.8 Å². The second-order valence-electron chi connectivity index (χ2n) is 5.14. The molecular weight excluding hydrogens is 309 g/mol. The van der Waals surface area contributed by atoms with Crippen molar-refractivity contribution in [1.29, 1.82) is 0 Å². The molecule has 19 heavy (non-hydrogen) atoms. The Bertz CT molecular complexity index is 423. The second-order valence-corrected chi connectivity index (χ2v) is 6.00. The zero-order chi connectivity index (χ0) is 13.8. The van der Waals surface area contributed by atoms with E-state index < -0.39 is 0 Å². The van der Waals surface area contributed by atoms with Crippen LogP contribution in [0, 0.1) is 11.7 Å². The molecule has 0 spiro atoms. The molecule has 0 heterocycles. The van der Waals surface area contributed by atoms with Gasteiger partial charge in [-0.15, -0.1) is 0 Å². The Kier molecular flexibility index (Phi) is 5.37. The number of hydrogen-bond donors (Lipinski definition) is 1. The Balaban J connectivity index is 2.12. The summed E-state index contributed by atoms with van der Waals surface area (Å²) in [5.74, 6) is 0.468. The lowest BCUT2D eigenvalue weighted by Gasteiger charge is -2.27. The van der Waals surface area contributed by atoms with Crippen molar-refractivity contribution in [1.82, 2.24) is 5.32 Å². The van der Waals surface area contributed by atoms with Crippen LogP contribution >= 0.6 is 15.9 Å². The molecule has 0 saturated heterocycles. The molecule has 1 aliphatic rings. The zero-order valence-electron chi connectivity index (χ0n) is 11.5. The SMILES string of the molecule is CCNC(Cc1cc(F)ccc1Br)C(OC)C1CC1. The minimum Gasteiger partial charge on any atom is -0.380 e. The molecule has 0 amide bonds. The fourth-order valence-electron chi connectivity index (χ4n) is 2.61. The van der Waals surface area contributed by atoms with Crippen molar-refractivity contribution in [2.24, 2.45) is 5.92 Å². The van der Waals surface area contributed by atoms with Crippen molar-refractivity contribution in [2.45, 2.75) is 38.3 Å². The van der Waals surface area contributed by atoms with Gasteiger partial charge in [-0.25, -0.2) is 4.39 Å². The first kappa shape index (κ1) is 14.9. The molecular formula is C15H21BrFNO. The topological polar surface area (TPSA) is 21.3 Å². The molecule has 2 atom stereocenters. The summed E-state index contributed by atoms with van der Waals surface area (Å²) in [6.07, 6.45) is 3.48. The Morgan fingerprint density at radius 1 is 1.47 bits per heavy atom. The van der Waals surface area contributed by atoms with E-state index in [-0.39, 0.29) is 18.0 Å². The van der Waals surface area contributed by atoms with Crippen LogP contribution in [0.5, 0.6) is 0 Å². The smallest absolute Gasteiger partial charge is 0.123 e. The van der Waals surface area contributed by atoms with E-state index in [0.717, 1.165) is 23.0 Å². The number of nitrogens with one attached hydrogen (secondary N) is 1. The third kappa shape index (κ3) is 4.01. The molecule has 1 saturated carbocycles. The molecule has 2 unspecified atom stereocenters. The Hall–Kier alpha value is -0.450. The van der Waals surface area contributed by atoms with Gasteiger partial charge in [0, 0.05) is 17.6 Å². The van der Waals surface area contributed by atoms with Crippen molar-refractivity contribution in [3.8, 4) is 0 Å². The number of methoxy groups -OCH3 is 1. The van der Waals surface area contributed by atoms with Crippen LogP contribution in [0.2, 0.25) is 0 Å². The lowest BCUT2D eigenvalue weighted by Crippen LogP contribution is -2.43. The van der Waals surface area contributed by atoms with Crippen molar-refractivity contribution in [3.63, 3.8) is 0 Å². The number of ether oxygens (including phenoxy) is 1. The first-order valence-corrected chi connectivity index (χ1v) is 7.65. The summed E-state index contributed by atoms with van der Waals surface area (Å²) in [6.45, 7) is 2.98. The number of likely N-dealkylation sites (N-methyl/N-ethyl adjacent to an activating group) is 1. The minimum atomic E-state index is -0.186. The molecule has 1 aromatic rings. The highest BCUT2D eigenvalue weighted by Gasteiger charge is 2.36. The fourth-order valence-corrected chi connectivity index (χ4v) is 3.02. The highest BCUT2D eigenvalue weighted by molar-refractivity contribution is 9.10. The van der Waals surface area contributed by atoms with Gasteiger partial charge < -0.3 is 10.1 Å². The summed E-state index contributed by atoms with van der Waals surface area (Å²) >= 11 is 3.50. The number of rotatable bonds is 7. The van der Waals surface area contributed by atoms with Gasteiger partial charge in [0.05, 0.1) is 6.10 Å². The van der Waals surface area contributed by atoms with Crippen LogP contribution in [0.15, 0.2) is 22.7 Å². The summed E-state index contributed by atoms with van der Waals surface area (Å²) in [6, 6.07) is 5.09. The second kappa shape index (κ2) is 6.82. The number of benzene rings is 1. The molecule has 1 aromatic carbocycles. The maximum atomic E-state index is 13.4. The van der Waals surface area contributed by atoms with E-state index in [1.807, 2.05) is 0 Å². The molecule has 0 radical (unpaired) electrons. The Labute approximate surface area is 122 Å². The fraction of sp³-hybridized carbons (Fsp3) is 0.600. The first-order valence-electron chi connectivity index (χ1n) is 6.85. The number of halogens is 2. The largest absolute Gasteiger partial charge is 0.380 e. The third-order valence-electron chi connectivity index (χ3n) is 3.67. The van der Waals surface area contributed by atoms with Gasteiger partial charge >= 0.3 is 0 Å². The van der Waals surface area contributed by atoms with E-state index in [2.05, 4.69) is 28.2 Å². The van der Waals surface area contributed by atoms with E-state index >= 15 is 0 Å². The number of hydrogen-bond acceptors (Lipinski definition) is 2. The summed E-state index contributed by atoms with van der Waals surface area (Å²) in [5, 5.41) is 3.48. The van der Waals surface area contributed by atoms with Crippen molar-refractivity contribution < 1.29 is 9.13 Å². The lowest BCUT2D eigenvalue weighted by molar-refractivity contribution is 0.0515. The zero-order valence-corrected chi connectivity index (χ0v) is 13.0. The van der Waals surface area contributed by atoms with Crippen molar-refractivity contribution in [3.05, 3.63) is 34.1 Å². The van der Waals surface area contributed by atoms with Gasteiger partial charge in [0.1, 0.15) is 5.82 Å². The molecule has 2 nitrogen and oxygen atoms in total. The molecule has 1 N–H and O–H groups in total. The predicted octanol–water partition coefficient (Wildman–Crippen LogP) is 3.53. The Morgan fingerprint density at radius 2 is 2.21 bits per heavy atom. The summed E-state index contributed by atoms with van der Waals surface area (Å²) < 4.78 is 20.0. The van der Waals surface area contributed by atoms with Crippen LogP contribution in [0.25, 0.3) is 0 Å². The minimum absolute atomic E-state index is 0.186. The van der Waals surface area contributed by atoms with Gasteiger partial charge in [0.25, 0.3) is 0 Å². The van der Waals surface area contributed by atoms with Gasteiger partial charge in [0.15, 0.2) is 0 Å². The normalized spacial score (nSPS) is 18.3. The summed E-state index contributed by atoms with van der Waals surface area (Å²) in [5.41, 5.74) is 0.994. The van der Waals surface area contributed by atoms with Crippen LogP contribution in [0.1, 0.15) is 25.3 Å². The molecule has 0 aliphatic heterocycles. The van der Waals surface area contributed by atoms with Gasteiger partial charge in [-0.3, -0.25) is 0 Å².